The van der Waals surface area contributed by atoms with Gasteiger partial charge in [0, 0.05) is 24.3 Å². The van der Waals surface area contributed by atoms with Gasteiger partial charge in [-0.15, -0.1) is 0 Å². The van der Waals surface area contributed by atoms with E-state index in [4.69, 9.17) is 0 Å². The number of anilines is 1. The third-order valence-corrected chi connectivity index (χ3v) is 3.74. The van der Waals surface area contributed by atoms with Crippen LogP contribution in [0.5, 0.6) is 0 Å². The summed E-state index contributed by atoms with van der Waals surface area (Å²) in [5, 5.41) is 0. The Labute approximate surface area is 130 Å². The Morgan fingerprint density at radius 2 is 1.77 bits per heavy atom. The summed E-state index contributed by atoms with van der Waals surface area (Å²) in [4.78, 5) is 13.1. The van der Waals surface area contributed by atoms with E-state index >= 15 is 0 Å². The lowest BCUT2D eigenvalue weighted by Gasteiger charge is -2.25. The molecule has 5 heteroatoms. The van der Waals surface area contributed by atoms with Crippen molar-refractivity contribution in [2.45, 2.75) is 52.1 Å². The van der Waals surface area contributed by atoms with E-state index < -0.39 is 11.7 Å². The Hall–Kier alpha value is -1.52. The maximum absolute atomic E-state index is 12.7. The second kappa shape index (κ2) is 8.81. The summed E-state index contributed by atoms with van der Waals surface area (Å²) in [6.07, 6.45) is 1.70. The van der Waals surface area contributed by atoms with Gasteiger partial charge in [0.15, 0.2) is 6.29 Å². The standard InChI is InChI=1S/C17H24F3NO/c1-3-5-6-7-8-11-21(4-2)16-10-9-15(17(18,19)20)12-14(16)13-22/h9-10,12-13H,3-8,11H2,1-2H3. The molecule has 1 aromatic rings. The number of carbonyl (C=O) groups excluding carboxylic acids is 1. The highest BCUT2D eigenvalue weighted by atomic mass is 19.4. The van der Waals surface area contributed by atoms with Crippen LogP contribution >= 0.6 is 0 Å². The highest BCUT2D eigenvalue weighted by Gasteiger charge is 2.31. The number of hydrogen-bond donors (Lipinski definition) is 0. The Morgan fingerprint density at radius 1 is 1.09 bits per heavy atom. The topological polar surface area (TPSA) is 20.3 Å². The molecular weight excluding hydrogens is 291 g/mol. The van der Waals surface area contributed by atoms with Gasteiger partial charge in [0.25, 0.3) is 0 Å². The van der Waals surface area contributed by atoms with Crippen LogP contribution in [0, 0.1) is 0 Å². The molecule has 1 rings (SSSR count). The maximum atomic E-state index is 12.7. The van der Waals surface area contributed by atoms with E-state index in [0.717, 1.165) is 31.5 Å². The predicted molar refractivity (Wildman–Crippen MR) is 83.5 cm³/mol. The van der Waals surface area contributed by atoms with Gasteiger partial charge in [-0.25, -0.2) is 0 Å². The van der Waals surface area contributed by atoms with Gasteiger partial charge in [-0.3, -0.25) is 4.79 Å². The van der Waals surface area contributed by atoms with Crippen molar-refractivity contribution in [1.82, 2.24) is 0 Å². The second-order valence-corrected chi connectivity index (χ2v) is 5.38. The molecule has 2 nitrogen and oxygen atoms in total. The first-order valence-electron chi connectivity index (χ1n) is 7.85. The van der Waals surface area contributed by atoms with Crippen LogP contribution in [0.4, 0.5) is 18.9 Å². The number of hydrogen-bond acceptors (Lipinski definition) is 2. The average molecular weight is 315 g/mol. The molecule has 0 heterocycles. The lowest BCUT2D eigenvalue weighted by atomic mass is 10.1. The summed E-state index contributed by atoms with van der Waals surface area (Å²) in [5.41, 5.74) is -0.0939. The highest BCUT2D eigenvalue weighted by Crippen LogP contribution is 2.32. The van der Waals surface area contributed by atoms with Gasteiger partial charge in [0.05, 0.1) is 5.56 Å². The summed E-state index contributed by atoms with van der Waals surface area (Å²) in [6.45, 7) is 5.52. The van der Waals surface area contributed by atoms with Crippen molar-refractivity contribution in [3.05, 3.63) is 29.3 Å². The van der Waals surface area contributed by atoms with Gasteiger partial charge in [-0.1, -0.05) is 32.6 Å². The fourth-order valence-electron chi connectivity index (χ4n) is 2.47. The molecule has 0 aliphatic carbocycles. The van der Waals surface area contributed by atoms with Crippen LogP contribution in [0.2, 0.25) is 0 Å². The van der Waals surface area contributed by atoms with Crippen molar-refractivity contribution < 1.29 is 18.0 Å². The van der Waals surface area contributed by atoms with Gasteiger partial charge in [-0.05, 0) is 31.5 Å². The molecule has 1 aromatic carbocycles. The molecule has 0 unspecified atom stereocenters. The molecule has 0 atom stereocenters. The molecule has 0 radical (unpaired) electrons. The van der Waals surface area contributed by atoms with E-state index in [0.29, 0.717) is 18.5 Å². The number of carbonyl (C=O) groups is 1. The molecule has 0 fully saturated rings. The monoisotopic (exact) mass is 315 g/mol. The normalized spacial score (nSPS) is 11.5. The number of benzene rings is 1. The Bertz CT molecular complexity index is 471. The summed E-state index contributed by atoms with van der Waals surface area (Å²) >= 11 is 0. The van der Waals surface area contributed by atoms with Crippen molar-refractivity contribution in [3.63, 3.8) is 0 Å². The van der Waals surface area contributed by atoms with Crippen molar-refractivity contribution >= 4 is 12.0 Å². The number of aldehydes is 1. The Kier molecular flexibility index (Phi) is 7.42. The molecule has 0 spiro atoms. The number of rotatable bonds is 9. The van der Waals surface area contributed by atoms with E-state index in [-0.39, 0.29) is 5.56 Å². The molecule has 0 saturated heterocycles. The number of unbranched alkanes of at least 4 members (excludes halogenated alkanes) is 4. The SMILES string of the molecule is CCCCCCCN(CC)c1ccc(C(F)(F)F)cc1C=O. The number of nitrogens with zero attached hydrogens (tertiary/aromatic N) is 1. The third-order valence-electron chi connectivity index (χ3n) is 3.74. The lowest BCUT2D eigenvalue weighted by Crippen LogP contribution is -2.25. The summed E-state index contributed by atoms with van der Waals surface area (Å²) in [6, 6.07) is 3.38. The zero-order chi connectivity index (χ0) is 16.6. The van der Waals surface area contributed by atoms with Gasteiger partial charge < -0.3 is 4.90 Å². The number of halogens is 3. The smallest absolute Gasteiger partial charge is 0.371 e. The number of alkyl halides is 3. The van der Waals surface area contributed by atoms with Gasteiger partial charge in [-0.2, -0.15) is 13.2 Å². The fourth-order valence-corrected chi connectivity index (χ4v) is 2.47. The van der Waals surface area contributed by atoms with Crippen LogP contribution in [0.25, 0.3) is 0 Å². The van der Waals surface area contributed by atoms with Crippen LogP contribution in [0.3, 0.4) is 0 Å². The molecule has 0 aliphatic heterocycles. The summed E-state index contributed by atoms with van der Waals surface area (Å²) in [5.74, 6) is 0. The van der Waals surface area contributed by atoms with Crippen LogP contribution in [-0.2, 0) is 6.18 Å². The van der Waals surface area contributed by atoms with E-state index in [2.05, 4.69) is 6.92 Å². The lowest BCUT2D eigenvalue weighted by molar-refractivity contribution is -0.137. The van der Waals surface area contributed by atoms with Crippen molar-refractivity contribution in [2.75, 3.05) is 18.0 Å². The molecule has 0 amide bonds. The molecule has 0 bridgehead atoms. The van der Waals surface area contributed by atoms with Gasteiger partial charge >= 0.3 is 6.18 Å². The third kappa shape index (κ3) is 5.35. The predicted octanol–water partition coefficient (Wildman–Crippen LogP) is 5.31. The van der Waals surface area contributed by atoms with E-state index in [9.17, 15) is 18.0 Å². The van der Waals surface area contributed by atoms with Crippen LogP contribution in [-0.4, -0.2) is 19.4 Å². The van der Waals surface area contributed by atoms with Crippen LogP contribution in [0.15, 0.2) is 18.2 Å². The van der Waals surface area contributed by atoms with Crippen molar-refractivity contribution in [1.29, 1.82) is 0 Å². The largest absolute Gasteiger partial charge is 0.416 e. The molecule has 22 heavy (non-hydrogen) atoms. The zero-order valence-corrected chi connectivity index (χ0v) is 13.2. The van der Waals surface area contributed by atoms with Crippen molar-refractivity contribution in [2.24, 2.45) is 0 Å². The fraction of sp³-hybridized carbons (Fsp3) is 0.588. The van der Waals surface area contributed by atoms with Gasteiger partial charge in [0.2, 0.25) is 0 Å². The summed E-state index contributed by atoms with van der Waals surface area (Å²) < 4.78 is 38.1. The molecule has 0 N–H and O–H groups in total. The molecule has 0 aliphatic rings. The first-order chi connectivity index (χ1) is 10.4. The first kappa shape index (κ1) is 18.5. The minimum atomic E-state index is -4.42. The maximum Gasteiger partial charge on any atom is 0.416 e. The molecular formula is C17H24F3NO. The second-order valence-electron chi connectivity index (χ2n) is 5.38. The summed E-state index contributed by atoms with van der Waals surface area (Å²) in [7, 11) is 0. The van der Waals surface area contributed by atoms with Crippen LogP contribution in [0.1, 0.15) is 61.9 Å². The van der Waals surface area contributed by atoms with E-state index in [1.165, 1.54) is 25.3 Å². The van der Waals surface area contributed by atoms with Crippen LogP contribution < -0.4 is 4.90 Å². The quantitative estimate of drug-likeness (QED) is 0.454. The van der Waals surface area contributed by atoms with E-state index in [1.54, 1.807) is 0 Å². The average Bonchev–Trinajstić information content (AvgIpc) is 2.49. The molecule has 0 aromatic heterocycles. The zero-order valence-electron chi connectivity index (χ0n) is 13.2. The van der Waals surface area contributed by atoms with Crippen molar-refractivity contribution in [3.8, 4) is 0 Å². The molecule has 124 valence electrons. The first-order valence-corrected chi connectivity index (χ1v) is 7.85. The van der Waals surface area contributed by atoms with Gasteiger partial charge in [0.1, 0.15) is 0 Å². The highest BCUT2D eigenvalue weighted by molar-refractivity contribution is 5.85. The Morgan fingerprint density at radius 3 is 2.32 bits per heavy atom. The molecule has 0 saturated carbocycles. The van der Waals surface area contributed by atoms with E-state index in [1.807, 2.05) is 11.8 Å². The Balaban J connectivity index is 2.81. The minimum Gasteiger partial charge on any atom is -0.371 e. The minimum absolute atomic E-state index is 0.102.